The third-order valence-corrected chi connectivity index (χ3v) is 3.55. The van der Waals surface area contributed by atoms with E-state index in [9.17, 15) is 27.9 Å². The van der Waals surface area contributed by atoms with Crippen LogP contribution in [0.15, 0.2) is 42.5 Å². The van der Waals surface area contributed by atoms with Crippen molar-refractivity contribution in [2.75, 3.05) is 25.5 Å². The molecule has 1 heterocycles. The van der Waals surface area contributed by atoms with Crippen LogP contribution in [-0.2, 0) is 6.18 Å². The van der Waals surface area contributed by atoms with Crippen LogP contribution in [0.25, 0.3) is 0 Å². The number of hydrogen-bond donors (Lipinski definition) is 4. The van der Waals surface area contributed by atoms with Crippen LogP contribution in [0.5, 0.6) is 5.75 Å². The Kier molecular flexibility index (Phi) is 7.37. The van der Waals surface area contributed by atoms with Gasteiger partial charge in [-0.15, -0.1) is 0 Å². The molecule has 1 atom stereocenters. The number of halogens is 3. The maximum atomic E-state index is 12.7. The molecular formula is C18H19F3N4O4. The van der Waals surface area contributed by atoms with E-state index in [1.165, 1.54) is 37.4 Å². The Balaban J connectivity index is 1.80. The minimum Gasteiger partial charge on any atom is -0.491 e. The lowest BCUT2D eigenvalue weighted by Gasteiger charge is -2.15. The van der Waals surface area contributed by atoms with E-state index in [-0.39, 0.29) is 30.4 Å². The first kappa shape index (κ1) is 22.0. The van der Waals surface area contributed by atoms with Gasteiger partial charge in [-0.05, 0) is 30.3 Å². The topological polar surface area (TPSA) is 113 Å². The zero-order valence-electron chi connectivity index (χ0n) is 15.3. The molecule has 156 valence electrons. The summed E-state index contributed by atoms with van der Waals surface area (Å²) >= 11 is 0. The van der Waals surface area contributed by atoms with Gasteiger partial charge in [0.1, 0.15) is 30.0 Å². The molecule has 0 aliphatic heterocycles. The second-order valence-electron chi connectivity index (χ2n) is 5.81. The summed E-state index contributed by atoms with van der Waals surface area (Å²) in [6.07, 6.45) is -5.67. The first-order valence-corrected chi connectivity index (χ1v) is 8.41. The van der Waals surface area contributed by atoms with E-state index in [0.29, 0.717) is 0 Å². The fourth-order valence-electron chi connectivity index (χ4n) is 2.14. The summed E-state index contributed by atoms with van der Waals surface area (Å²) in [6, 6.07) is 8.02. The van der Waals surface area contributed by atoms with Gasteiger partial charge in [-0.3, -0.25) is 10.1 Å². The molecule has 11 heteroatoms. The lowest BCUT2D eigenvalue weighted by Crippen LogP contribution is -2.38. The number of nitrogens with one attached hydrogen (secondary N) is 3. The smallest absolute Gasteiger partial charge is 0.416 e. The van der Waals surface area contributed by atoms with Crippen molar-refractivity contribution in [3.63, 3.8) is 0 Å². The normalized spacial score (nSPS) is 12.0. The third kappa shape index (κ3) is 6.96. The Bertz CT molecular complexity index is 861. The molecule has 1 aromatic heterocycles. The summed E-state index contributed by atoms with van der Waals surface area (Å²) in [6.45, 7) is -0.550. The number of aliphatic hydroxyl groups is 1. The lowest BCUT2D eigenvalue weighted by atomic mass is 10.2. The van der Waals surface area contributed by atoms with Crippen molar-refractivity contribution in [2.45, 2.75) is 12.3 Å². The molecule has 0 aliphatic rings. The van der Waals surface area contributed by atoms with Crippen molar-refractivity contribution in [2.24, 2.45) is 0 Å². The van der Waals surface area contributed by atoms with Crippen LogP contribution in [0.3, 0.4) is 0 Å². The quantitative estimate of drug-likeness (QED) is 0.556. The molecule has 0 saturated carbocycles. The first-order valence-electron chi connectivity index (χ1n) is 8.41. The Morgan fingerprint density at radius 3 is 2.62 bits per heavy atom. The van der Waals surface area contributed by atoms with Crippen molar-refractivity contribution >= 4 is 17.8 Å². The maximum Gasteiger partial charge on any atom is 0.416 e. The highest BCUT2D eigenvalue weighted by atomic mass is 19.4. The van der Waals surface area contributed by atoms with Crippen LogP contribution in [0.1, 0.15) is 16.1 Å². The van der Waals surface area contributed by atoms with Crippen molar-refractivity contribution in [3.8, 4) is 5.75 Å². The van der Waals surface area contributed by atoms with Crippen molar-refractivity contribution in [1.29, 1.82) is 0 Å². The van der Waals surface area contributed by atoms with Gasteiger partial charge in [0.2, 0.25) is 0 Å². The van der Waals surface area contributed by atoms with Crippen LogP contribution in [-0.4, -0.2) is 48.3 Å². The molecule has 0 radical (unpaired) electrons. The van der Waals surface area contributed by atoms with Crippen molar-refractivity contribution in [3.05, 3.63) is 53.7 Å². The molecular weight excluding hydrogens is 393 g/mol. The molecule has 3 amide bonds. The second kappa shape index (κ2) is 9.73. The number of carbonyl (C=O) groups excluding carboxylic acids is 2. The molecule has 0 bridgehead atoms. The van der Waals surface area contributed by atoms with Gasteiger partial charge < -0.3 is 20.5 Å². The summed E-state index contributed by atoms with van der Waals surface area (Å²) in [5.41, 5.74) is -0.756. The molecule has 0 spiro atoms. The third-order valence-electron chi connectivity index (χ3n) is 3.55. The number of hydrogen-bond acceptors (Lipinski definition) is 5. The molecule has 2 rings (SSSR count). The number of carbonyl (C=O) groups is 2. The number of pyridine rings is 1. The molecule has 0 aliphatic carbocycles. The van der Waals surface area contributed by atoms with Crippen LogP contribution >= 0.6 is 0 Å². The van der Waals surface area contributed by atoms with E-state index >= 15 is 0 Å². The van der Waals surface area contributed by atoms with E-state index in [4.69, 9.17) is 4.74 Å². The first-order chi connectivity index (χ1) is 13.7. The van der Waals surface area contributed by atoms with Crippen molar-refractivity contribution < 1.29 is 32.6 Å². The zero-order valence-corrected chi connectivity index (χ0v) is 15.3. The number of ether oxygens (including phenoxy) is 1. The highest BCUT2D eigenvalue weighted by molar-refractivity contribution is 5.93. The molecule has 0 fully saturated rings. The van der Waals surface area contributed by atoms with Gasteiger partial charge in [0, 0.05) is 13.6 Å². The molecule has 4 N–H and O–H groups in total. The molecule has 0 saturated heterocycles. The van der Waals surface area contributed by atoms with Gasteiger partial charge in [-0.1, -0.05) is 12.1 Å². The van der Waals surface area contributed by atoms with Crippen LogP contribution in [0, 0.1) is 0 Å². The largest absolute Gasteiger partial charge is 0.491 e. The number of alkyl halides is 3. The average molecular weight is 412 g/mol. The molecule has 2 aromatic rings. The van der Waals surface area contributed by atoms with Gasteiger partial charge in [0.15, 0.2) is 0 Å². The molecule has 1 aromatic carbocycles. The van der Waals surface area contributed by atoms with Crippen LogP contribution in [0.2, 0.25) is 0 Å². The SMILES string of the molecule is CNC(=O)c1cccc(NC(=O)NCC(O)COc2cccc(C(F)(F)F)c2)n1. The van der Waals surface area contributed by atoms with Gasteiger partial charge in [0.25, 0.3) is 5.91 Å². The number of aliphatic hydroxyl groups excluding tert-OH is 1. The molecule has 29 heavy (non-hydrogen) atoms. The highest BCUT2D eigenvalue weighted by Gasteiger charge is 2.30. The number of amides is 3. The molecule has 8 nitrogen and oxygen atoms in total. The predicted molar refractivity (Wildman–Crippen MR) is 97.6 cm³/mol. The number of nitrogens with zero attached hydrogens (tertiary/aromatic N) is 1. The summed E-state index contributed by atoms with van der Waals surface area (Å²) in [5, 5.41) is 17.0. The predicted octanol–water partition coefficient (Wildman–Crippen LogP) is 2.02. The van der Waals surface area contributed by atoms with Gasteiger partial charge >= 0.3 is 12.2 Å². The van der Waals surface area contributed by atoms with E-state index < -0.39 is 29.8 Å². The minimum absolute atomic E-state index is 0.0569. The van der Waals surface area contributed by atoms with E-state index in [2.05, 4.69) is 20.9 Å². The second-order valence-corrected chi connectivity index (χ2v) is 5.81. The van der Waals surface area contributed by atoms with Crippen molar-refractivity contribution in [1.82, 2.24) is 15.6 Å². The molecule has 1 unspecified atom stereocenters. The Hall–Kier alpha value is -3.34. The van der Waals surface area contributed by atoms with Gasteiger partial charge in [0.05, 0.1) is 5.56 Å². The minimum atomic E-state index is -4.50. The average Bonchev–Trinajstić information content (AvgIpc) is 2.70. The van der Waals surface area contributed by atoms with Crippen LogP contribution < -0.4 is 20.7 Å². The lowest BCUT2D eigenvalue weighted by molar-refractivity contribution is -0.137. The Labute approximate surface area is 164 Å². The summed E-state index contributed by atoms with van der Waals surface area (Å²) in [4.78, 5) is 27.3. The number of aromatic nitrogens is 1. The summed E-state index contributed by atoms with van der Waals surface area (Å²) < 4.78 is 43.1. The summed E-state index contributed by atoms with van der Waals surface area (Å²) in [5.74, 6) is -0.354. The van der Waals surface area contributed by atoms with Gasteiger partial charge in [-0.2, -0.15) is 13.2 Å². The standard InChI is InChI=1S/C18H19F3N4O4/c1-22-16(27)14-6-3-7-15(24-14)25-17(28)23-9-12(26)10-29-13-5-2-4-11(8-13)18(19,20)21/h2-8,12,26H,9-10H2,1H3,(H,22,27)(H2,23,24,25,28). The van der Waals surface area contributed by atoms with E-state index in [1.807, 2.05) is 0 Å². The van der Waals surface area contributed by atoms with E-state index in [0.717, 1.165) is 12.1 Å². The monoisotopic (exact) mass is 412 g/mol. The number of rotatable bonds is 7. The summed E-state index contributed by atoms with van der Waals surface area (Å²) in [7, 11) is 1.44. The van der Waals surface area contributed by atoms with E-state index in [1.54, 1.807) is 0 Å². The number of anilines is 1. The fourth-order valence-corrected chi connectivity index (χ4v) is 2.14. The van der Waals surface area contributed by atoms with Gasteiger partial charge in [-0.25, -0.2) is 9.78 Å². The number of benzene rings is 1. The Morgan fingerprint density at radius 1 is 1.21 bits per heavy atom. The zero-order chi connectivity index (χ0) is 21.4. The highest BCUT2D eigenvalue weighted by Crippen LogP contribution is 2.31. The Morgan fingerprint density at radius 2 is 1.93 bits per heavy atom. The maximum absolute atomic E-state index is 12.7. The number of urea groups is 1. The fraction of sp³-hybridized carbons (Fsp3) is 0.278. The van der Waals surface area contributed by atoms with Crippen LogP contribution in [0.4, 0.5) is 23.8 Å².